The zero-order valence-corrected chi connectivity index (χ0v) is 30.7. The van der Waals surface area contributed by atoms with Gasteiger partial charge in [-0.1, -0.05) is 152 Å². The third-order valence-electron chi connectivity index (χ3n) is 11.6. The summed E-state index contributed by atoms with van der Waals surface area (Å²) in [6, 6.07) is 57.4. The number of benzene rings is 7. The lowest BCUT2D eigenvalue weighted by Gasteiger charge is -2.27. The lowest BCUT2D eigenvalue weighted by atomic mass is 9.91. The van der Waals surface area contributed by atoms with Crippen LogP contribution in [0.1, 0.15) is 11.5 Å². The van der Waals surface area contributed by atoms with Gasteiger partial charge in [-0.05, 0) is 53.1 Å². The molecule has 0 bridgehead atoms. The lowest BCUT2D eigenvalue weighted by Crippen LogP contribution is -2.30. The average Bonchev–Trinajstić information content (AvgIpc) is 3.94. The second kappa shape index (κ2) is 12.5. The molecule has 0 amide bonds. The number of aromatic nitrogens is 4. The summed E-state index contributed by atoms with van der Waals surface area (Å²) in [5.41, 5.74) is 11.5. The van der Waals surface area contributed by atoms with Crippen LogP contribution < -0.4 is 4.90 Å². The molecule has 7 aromatic carbocycles. The predicted octanol–water partition coefficient (Wildman–Crippen LogP) is 12.6. The molecular weight excluding hydrogens is 699 g/mol. The maximum absolute atomic E-state index is 6.34. The van der Waals surface area contributed by atoms with Gasteiger partial charge in [-0.25, -0.2) is 4.98 Å². The molecule has 2 atom stereocenters. The molecule has 0 radical (unpaired) electrons. The monoisotopic (exact) mass is 731 g/mol. The number of anilines is 2. The van der Waals surface area contributed by atoms with Crippen molar-refractivity contribution in [3.05, 3.63) is 194 Å². The van der Waals surface area contributed by atoms with E-state index in [0.717, 1.165) is 55.5 Å². The van der Waals surface area contributed by atoms with Crippen LogP contribution in [0.4, 0.5) is 11.6 Å². The zero-order valence-electron chi connectivity index (χ0n) is 30.7. The van der Waals surface area contributed by atoms with Crippen molar-refractivity contribution in [1.82, 2.24) is 19.5 Å². The SMILES string of the molecule is C1=CC2c3ccc4c5ccccc5n(-c5cccc(-c6ccccc6)c5)c4c3N(c3nc(-c4ccccc4)nc(-c4ccc5c(c4)oc4ccccc45)n3)C2C=C1. The van der Waals surface area contributed by atoms with Gasteiger partial charge in [0.2, 0.25) is 5.95 Å². The van der Waals surface area contributed by atoms with Crippen molar-refractivity contribution >= 4 is 55.4 Å². The Morgan fingerprint density at radius 3 is 2.02 bits per heavy atom. The number of hydrogen-bond donors (Lipinski definition) is 0. The molecule has 1 aliphatic heterocycles. The molecule has 2 unspecified atom stereocenters. The number of nitrogens with zero attached hydrogens (tertiary/aromatic N) is 5. The van der Waals surface area contributed by atoms with E-state index in [4.69, 9.17) is 19.4 Å². The zero-order chi connectivity index (χ0) is 37.5. The summed E-state index contributed by atoms with van der Waals surface area (Å²) in [6.45, 7) is 0. The molecule has 0 fully saturated rings. The minimum atomic E-state index is -0.0468. The standard InChI is InChI=1S/C51H33N5O/c1-3-14-32(15-4-1)34-18-13-19-36(30-34)55-43-23-10-7-20-37(43)41-28-29-42-38-21-8-11-24-44(38)56(48(42)47(41)55)51-53-49(33-16-5-2-6-17-33)52-50(54-51)35-26-27-40-39-22-9-12-25-45(39)57-46(40)31-35/h1-31,38,44H. The van der Waals surface area contributed by atoms with E-state index in [1.54, 1.807) is 0 Å². The van der Waals surface area contributed by atoms with Crippen molar-refractivity contribution in [2.75, 3.05) is 4.90 Å². The number of hydrogen-bond acceptors (Lipinski definition) is 5. The Kier molecular flexibility index (Phi) is 6.95. The molecule has 0 spiro atoms. The van der Waals surface area contributed by atoms with Crippen LogP contribution in [0.2, 0.25) is 0 Å². The second-order valence-electron chi connectivity index (χ2n) is 14.8. The molecule has 2 aliphatic rings. The minimum Gasteiger partial charge on any atom is -0.456 e. The number of fused-ring (bicyclic) bond motifs is 10. The predicted molar refractivity (Wildman–Crippen MR) is 231 cm³/mol. The number of para-hydroxylation sites is 2. The Balaban J connectivity index is 1.13. The van der Waals surface area contributed by atoms with Crippen LogP contribution >= 0.6 is 0 Å². The number of allylic oxidation sites excluding steroid dienone is 2. The van der Waals surface area contributed by atoms with Crippen molar-refractivity contribution in [1.29, 1.82) is 0 Å². The van der Waals surface area contributed by atoms with Gasteiger partial charge in [0.1, 0.15) is 11.2 Å². The largest absolute Gasteiger partial charge is 0.456 e. The molecule has 4 heterocycles. The van der Waals surface area contributed by atoms with Gasteiger partial charge in [-0.15, -0.1) is 0 Å². The van der Waals surface area contributed by atoms with Crippen LogP contribution in [0, 0.1) is 0 Å². The molecular formula is C51H33N5O. The Morgan fingerprint density at radius 2 is 1.16 bits per heavy atom. The molecule has 3 aromatic heterocycles. The fraction of sp³-hybridized carbons (Fsp3) is 0.0392. The maximum Gasteiger partial charge on any atom is 0.234 e. The third kappa shape index (κ3) is 4.94. The first-order valence-electron chi connectivity index (χ1n) is 19.4. The molecule has 268 valence electrons. The van der Waals surface area contributed by atoms with E-state index in [1.165, 1.54) is 27.5 Å². The fourth-order valence-electron chi connectivity index (χ4n) is 9.00. The van der Waals surface area contributed by atoms with Gasteiger partial charge in [0, 0.05) is 44.3 Å². The number of furan rings is 1. The van der Waals surface area contributed by atoms with Gasteiger partial charge >= 0.3 is 0 Å². The van der Waals surface area contributed by atoms with Crippen molar-refractivity contribution in [2.24, 2.45) is 0 Å². The Labute approximate surface area is 328 Å². The van der Waals surface area contributed by atoms with E-state index >= 15 is 0 Å². The van der Waals surface area contributed by atoms with Gasteiger partial charge in [-0.2, -0.15) is 9.97 Å². The van der Waals surface area contributed by atoms with E-state index in [-0.39, 0.29) is 12.0 Å². The van der Waals surface area contributed by atoms with Crippen LogP contribution in [0.5, 0.6) is 0 Å². The summed E-state index contributed by atoms with van der Waals surface area (Å²) in [5, 5.41) is 4.53. The molecule has 6 nitrogen and oxygen atoms in total. The summed E-state index contributed by atoms with van der Waals surface area (Å²) in [4.78, 5) is 18.2. The molecule has 57 heavy (non-hydrogen) atoms. The molecule has 0 N–H and O–H groups in total. The maximum atomic E-state index is 6.34. The highest BCUT2D eigenvalue weighted by Gasteiger charge is 2.41. The Bertz CT molecular complexity index is 3270. The summed E-state index contributed by atoms with van der Waals surface area (Å²) >= 11 is 0. The van der Waals surface area contributed by atoms with Crippen molar-refractivity contribution in [3.8, 4) is 39.6 Å². The third-order valence-corrected chi connectivity index (χ3v) is 11.6. The van der Waals surface area contributed by atoms with E-state index < -0.39 is 0 Å². The first-order chi connectivity index (χ1) is 28.3. The van der Waals surface area contributed by atoms with Gasteiger partial charge in [0.05, 0.1) is 22.8 Å². The quantitative estimate of drug-likeness (QED) is 0.176. The Morgan fingerprint density at radius 1 is 0.474 bits per heavy atom. The van der Waals surface area contributed by atoms with Crippen molar-refractivity contribution < 1.29 is 4.42 Å². The number of rotatable bonds is 5. The van der Waals surface area contributed by atoms with Crippen molar-refractivity contribution in [3.63, 3.8) is 0 Å². The Hall–Kier alpha value is -7.57. The highest BCUT2D eigenvalue weighted by atomic mass is 16.3. The first kappa shape index (κ1) is 31.7. The van der Waals surface area contributed by atoms with Crippen LogP contribution in [-0.2, 0) is 0 Å². The first-order valence-corrected chi connectivity index (χ1v) is 19.4. The molecule has 0 saturated carbocycles. The normalized spacial score (nSPS) is 15.9. The highest BCUT2D eigenvalue weighted by Crippen LogP contribution is 2.52. The summed E-state index contributed by atoms with van der Waals surface area (Å²) < 4.78 is 8.78. The molecule has 10 aromatic rings. The molecule has 6 heteroatoms. The topological polar surface area (TPSA) is 60.0 Å². The smallest absolute Gasteiger partial charge is 0.234 e. The molecule has 1 aliphatic carbocycles. The van der Waals surface area contributed by atoms with Gasteiger partial charge in [0.25, 0.3) is 0 Å². The lowest BCUT2D eigenvalue weighted by molar-refractivity contribution is 0.669. The van der Waals surface area contributed by atoms with Gasteiger partial charge in [-0.3, -0.25) is 0 Å². The van der Waals surface area contributed by atoms with E-state index in [1.807, 2.05) is 36.4 Å². The minimum absolute atomic E-state index is 0.0468. The van der Waals surface area contributed by atoms with Crippen LogP contribution in [0.25, 0.3) is 83.3 Å². The molecule has 0 saturated heterocycles. The van der Waals surface area contributed by atoms with E-state index in [0.29, 0.717) is 17.6 Å². The van der Waals surface area contributed by atoms with Gasteiger partial charge in [0.15, 0.2) is 11.6 Å². The summed E-state index contributed by atoms with van der Waals surface area (Å²) in [7, 11) is 0. The van der Waals surface area contributed by atoms with Gasteiger partial charge < -0.3 is 13.9 Å². The molecule has 12 rings (SSSR count). The summed E-state index contributed by atoms with van der Waals surface area (Å²) in [6.07, 6.45) is 8.90. The van der Waals surface area contributed by atoms with Crippen LogP contribution in [0.3, 0.4) is 0 Å². The summed E-state index contributed by atoms with van der Waals surface area (Å²) in [5.74, 6) is 1.90. The fourth-order valence-corrected chi connectivity index (χ4v) is 9.00. The average molecular weight is 732 g/mol. The van der Waals surface area contributed by atoms with Crippen molar-refractivity contribution in [2.45, 2.75) is 12.0 Å². The highest BCUT2D eigenvalue weighted by molar-refractivity contribution is 6.15. The van der Waals surface area contributed by atoms with E-state index in [2.05, 4.69) is 161 Å². The van der Waals surface area contributed by atoms with E-state index in [9.17, 15) is 0 Å². The van der Waals surface area contributed by atoms with Crippen LogP contribution in [-0.4, -0.2) is 25.6 Å². The second-order valence-corrected chi connectivity index (χ2v) is 14.8. The van der Waals surface area contributed by atoms with Crippen LogP contribution in [0.15, 0.2) is 193 Å².